The number of carbonyl (C=O) groups is 2. The number of halogens is 1. The topological polar surface area (TPSA) is 115 Å². The lowest BCUT2D eigenvalue weighted by molar-refractivity contribution is 0.0964. The first-order chi connectivity index (χ1) is 17.5. The second-order valence-electron chi connectivity index (χ2n) is 8.19. The Morgan fingerprint density at radius 2 is 1.67 bits per heavy atom. The highest BCUT2D eigenvalue weighted by atomic mass is 35.5. The predicted molar refractivity (Wildman–Crippen MR) is 143 cm³/mol. The Balaban J connectivity index is 1.40. The summed E-state index contributed by atoms with van der Waals surface area (Å²) in [5.41, 5.74) is 2.48. The van der Waals surface area contributed by atoms with Gasteiger partial charge in [0.1, 0.15) is 5.02 Å². The summed E-state index contributed by atoms with van der Waals surface area (Å²) in [5.74, 6) is 0.458. The molecule has 3 amide bonds. The van der Waals surface area contributed by atoms with Crippen LogP contribution in [0.1, 0.15) is 17.3 Å². The smallest absolute Gasteiger partial charge is 0.321 e. The monoisotopic (exact) mass is 508 g/mol. The number of likely N-dealkylation sites (N-methyl/N-ethyl adjacent to an activating group) is 1. The van der Waals surface area contributed by atoms with Crippen LogP contribution in [0.3, 0.4) is 0 Å². The summed E-state index contributed by atoms with van der Waals surface area (Å²) >= 11 is 6.30. The zero-order chi connectivity index (χ0) is 25.5. The Labute approximate surface area is 215 Å². The van der Waals surface area contributed by atoms with Gasteiger partial charge in [0.25, 0.3) is 5.91 Å². The molecule has 36 heavy (non-hydrogen) atoms. The molecule has 0 radical (unpaired) electrons. The molecule has 2 aromatic carbocycles. The number of hydrogen-bond acceptors (Lipinski definition) is 7. The summed E-state index contributed by atoms with van der Waals surface area (Å²) in [4.78, 5) is 37.6. The van der Waals surface area contributed by atoms with E-state index in [1.807, 2.05) is 35.2 Å². The number of nitrogens with zero attached hydrogens (tertiary/aromatic N) is 4. The predicted octanol–water partition coefficient (Wildman–Crippen LogP) is 4.15. The van der Waals surface area contributed by atoms with Crippen molar-refractivity contribution in [3.05, 3.63) is 65.3 Å². The first-order valence-electron chi connectivity index (χ1n) is 11.7. The van der Waals surface area contributed by atoms with Gasteiger partial charge in [-0.15, -0.1) is 0 Å². The summed E-state index contributed by atoms with van der Waals surface area (Å²) < 4.78 is 0. The summed E-state index contributed by atoms with van der Waals surface area (Å²) in [6, 6.07) is 14.3. The lowest BCUT2D eigenvalue weighted by atomic mass is 10.1. The minimum atomic E-state index is -0.225. The number of amides is 3. The second-order valence-corrected chi connectivity index (χ2v) is 8.60. The summed E-state index contributed by atoms with van der Waals surface area (Å²) in [6.07, 6.45) is 1.48. The maximum atomic E-state index is 12.6. The SMILES string of the molecule is CCN1CCN(C(=O)Nc2ccc(Nc3ncc(Cl)c(Nc4ccccc4C(=O)NC)n3)cc2)CC1. The van der Waals surface area contributed by atoms with Crippen LogP contribution < -0.4 is 21.3 Å². The molecule has 0 unspecified atom stereocenters. The molecule has 4 N–H and O–H groups in total. The molecule has 10 nitrogen and oxygen atoms in total. The molecule has 4 rings (SSSR count). The van der Waals surface area contributed by atoms with Gasteiger partial charge < -0.3 is 31.1 Å². The number of para-hydroxylation sites is 1. The van der Waals surface area contributed by atoms with Crippen molar-refractivity contribution in [3.63, 3.8) is 0 Å². The van der Waals surface area contributed by atoms with Gasteiger partial charge in [-0.1, -0.05) is 30.7 Å². The Morgan fingerprint density at radius 1 is 0.972 bits per heavy atom. The molecule has 1 saturated heterocycles. The van der Waals surface area contributed by atoms with Crippen molar-refractivity contribution in [3.8, 4) is 0 Å². The van der Waals surface area contributed by atoms with Crippen LogP contribution in [0.15, 0.2) is 54.7 Å². The minimum absolute atomic E-state index is 0.0970. The number of aromatic nitrogens is 2. The first kappa shape index (κ1) is 25.2. The number of hydrogen-bond donors (Lipinski definition) is 4. The third kappa shape index (κ3) is 6.21. The fraction of sp³-hybridized carbons (Fsp3) is 0.280. The minimum Gasteiger partial charge on any atom is -0.355 e. The fourth-order valence-corrected chi connectivity index (χ4v) is 3.94. The van der Waals surface area contributed by atoms with Crippen molar-refractivity contribution in [1.82, 2.24) is 25.1 Å². The number of nitrogens with one attached hydrogen (secondary N) is 4. The van der Waals surface area contributed by atoms with Crippen LogP contribution in [-0.4, -0.2) is 71.5 Å². The van der Waals surface area contributed by atoms with Crippen LogP contribution >= 0.6 is 11.6 Å². The van der Waals surface area contributed by atoms with Crippen LogP contribution in [0.2, 0.25) is 5.02 Å². The van der Waals surface area contributed by atoms with Crippen LogP contribution in [0.4, 0.5) is 33.6 Å². The van der Waals surface area contributed by atoms with Crippen molar-refractivity contribution in [1.29, 1.82) is 0 Å². The molecule has 1 fully saturated rings. The average molecular weight is 509 g/mol. The van der Waals surface area contributed by atoms with E-state index in [4.69, 9.17) is 11.6 Å². The molecule has 2 heterocycles. The van der Waals surface area contributed by atoms with E-state index in [0.29, 0.717) is 33.7 Å². The molecule has 188 valence electrons. The van der Waals surface area contributed by atoms with Gasteiger partial charge >= 0.3 is 6.03 Å². The van der Waals surface area contributed by atoms with Crippen molar-refractivity contribution in [2.24, 2.45) is 0 Å². The van der Waals surface area contributed by atoms with Gasteiger partial charge in [-0.3, -0.25) is 4.79 Å². The Hall–Kier alpha value is -3.89. The van der Waals surface area contributed by atoms with Crippen molar-refractivity contribution in [2.75, 3.05) is 55.7 Å². The van der Waals surface area contributed by atoms with E-state index in [0.717, 1.165) is 38.4 Å². The molecule has 0 atom stereocenters. The van der Waals surface area contributed by atoms with Gasteiger partial charge in [-0.25, -0.2) is 9.78 Å². The van der Waals surface area contributed by atoms with Gasteiger partial charge in [-0.05, 0) is 42.9 Å². The maximum absolute atomic E-state index is 12.6. The molecule has 0 aliphatic carbocycles. The molecule has 11 heteroatoms. The third-order valence-corrected chi connectivity index (χ3v) is 6.17. The maximum Gasteiger partial charge on any atom is 0.321 e. The molecule has 0 spiro atoms. The van der Waals surface area contributed by atoms with Crippen LogP contribution in [0, 0.1) is 0 Å². The largest absolute Gasteiger partial charge is 0.355 e. The van der Waals surface area contributed by atoms with Gasteiger partial charge in [0.2, 0.25) is 5.95 Å². The van der Waals surface area contributed by atoms with Gasteiger partial charge in [0, 0.05) is 44.6 Å². The normalized spacial score (nSPS) is 13.7. The van der Waals surface area contributed by atoms with Crippen molar-refractivity contribution in [2.45, 2.75) is 6.92 Å². The lowest BCUT2D eigenvalue weighted by Gasteiger charge is -2.33. The summed E-state index contributed by atoms with van der Waals surface area (Å²) in [5, 5.41) is 12.1. The Bertz CT molecular complexity index is 1210. The van der Waals surface area contributed by atoms with Crippen molar-refractivity contribution >= 4 is 52.4 Å². The number of benzene rings is 2. The lowest BCUT2D eigenvalue weighted by Crippen LogP contribution is -2.49. The zero-order valence-corrected chi connectivity index (χ0v) is 21.0. The highest BCUT2D eigenvalue weighted by molar-refractivity contribution is 6.33. The number of anilines is 5. The molecule has 3 aromatic rings. The third-order valence-electron chi connectivity index (χ3n) is 5.89. The second kappa shape index (κ2) is 11.7. The van der Waals surface area contributed by atoms with Crippen LogP contribution in [0.25, 0.3) is 0 Å². The molecular weight excluding hydrogens is 480 g/mol. The summed E-state index contributed by atoms with van der Waals surface area (Å²) in [7, 11) is 1.57. The highest BCUT2D eigenvalue weighted by Crippen LogP contribution is 2.27. The number of carbonyl (C=O) groups excluding carboxylic acids is 2. The van der Waals surface area contributed by atoms with E-state index in [-0.39, 0.29) is 11.9 Å². The molecule has 0 saturated carbocycles. The highest BCUT2D eigenvalue weighted by Gasteiger charge is 2.20. The van der Waals surface area contributed by atoms with Crippen molar-refractivity contribution < 1.29 is 9.59 Å². The molecule has 1 aliphatic heterocycles. The standard InChI is InChI=1S/C25H29ClN8O2/c1-3-33-12-14-34(15-13-33)25(36)30-18-10-8-17(9-11-18)29-24-28-16-20(26)22(32-24)31-21-7-5-4-6-19(21)23(35)27-2/h4-11,16H,3,12-15H2,1-2H3,(H,27,35)(H,30,36)(H2,28,29,31,32). The number of urea groups is 1. The average Bonchev–Trinajstić information content (AvgIpc) is 2.91. The quantitative estimate of drug-likeness (QED) is 0.379. The van der Waals surface area contributed by atoms with E-state index in [1.165, 1.54) is 6.20 Å². The number of piperazine rings is 1. The summed E-state index contributed by atoms with van der Waals surface area (Å²) in [6.45, 7) is 6.35. The number of rotatable bonds is 7. The van der Waals surface area contributed by atoms with Gasteiger partial charge in [0.15, 0.2) is 5.82 Å². The van der Waals surface area contributed by atoms with E-state index < -0.39 is 0 Å². The van der Waals surface area contributed by atoms with Crippen LogP contribution in [-0.2, 0) is 0 Å². The van der Waals surface area contributed by atoms with Gasteiger partial charge in [0.05, 0.1) is 17.4 Å². The van der Waals surface area contributed by atoms with E-state index >= 15 is 0 Å². The zero-order valence-electron chi connectivity index (χ0n) is 20.2. The first-order valence-corrected chi connectivity index (χ1v) is 12.1. The van der Waals surface area contributed by atoms with Gasteiger partial charge in [-0.2, -0.15) is 4.98 Å². The van der Waals surface area contributed by atoms with E-state index in [2.05, 4.69) is 43.1 Å². The Kier molecular flexibility index (Phi) is 8.19. The molecule has 1 aromatic heterocycles. The van der Waals surface area contributed by atoms with E-state index in [9.17, 15) is 9.59 Å². The van der Waals surface area contributed by atoms with E-state index in [1.54, 1.807) is 25.2 Å². The fourth-order valence-electron chi connectivity index (χ4n) is 3.80. The molecule has 0 bridgehead atoms. The Morgan fingerprint density at radius 3 is 2.36 bits per heavy atom. The van der Waals surface area contributed by atoms with Crippen LogP contribution in [0.5, 0.6) is 0 Å². The molecular formula is C25H29ClN8O2. The molecule has 1 aliphatic rings.